The van der Waals surface area contributed by atoms with Crippen LogP contribution in [0.5, 0.6) is 0 Å². The zero-order chi connectivity index (χ0) is 11.0. The lowest BCUT2D eigenvalue weighted by molar-refractivity contribution is 0.178. The molecule has 2 fully saturated rings. The molecule has 2 saturated heterocycles. The average Bonchev–Trinajstić information content (AvgIpc) is 2.98. The minimum atomic E-state index is -0.0478. The van der Waals surface area contributed by atoms with Crippen molar-refractivity contribution >= 4 is 0 Å². The normalized spacial score (nSPS) is 34.7. The van der Waals surface area contributed by atoms with Gasteiger partial charge in [0.05, 0.1) is 17.9 Å². The van der Waals surface area contributed by atoms with E-state index >= 15 is 0 Å². The molecule has 2 aliphatic heterocycles. The van der Waals surface area contributed by atoms with E-state index in [0.717, 1.165) is 44.3 Å². The molecule has 0 aromatic carbocycles. The average molecular weight is 223 g/mol. The third-order valence-corrected chi connectivity index (χ3v) is 3.61. The Morgan fingerprint density at radius 3 is 3.12 bits per heavy atom. The Bertz CT molecular complexity index is 365. The highest BCUT2D eigenvalue weighted by atomic mass is 16.5. The number of nitrogens with one attached hydrogen (secondary N) is 1. The summed E-state index contributed by atoms with van der Waals surface area (Å²) in [5.74, 6) is 1.99. The molecule has 3 heterocycles. The molecule has 5 heteroatoms. The van der Waals surface area contributed by atoms with E-state index in [2.05, 4.69) is 22.4 Å². The number of aromatic nitrogens is 2. The Morgan fingerprint density at radius 1 is 1.50 bits per heavy atom. The molecule has 16 heavy (non-hydrogen) atoms. The van der Waals surface area contributed by atoms with Crippen molar-refractivity contribution in [1.82, 2.24) is 15.5 Å². The zero-order valence-corrected chi connectivity index (χ0v) is 9.53. The van der Waals surface area contributed by atoms with Gasteiger partial charge < -0.3 is 14.6 Å². The molecule has 0 bridgehead atoms. The number of rotatable bonds is 2. The van der Waals surface area contributed by atoms with E-state index in [1.165, 1.54) is 0 Å². The molecule has 0 amide bonds. The lowest BCUT2D eigenvalue weighted by Crippen LogP contribution is -2.23. The zero-order valence-electron chi connectivity index (χ0n) is 9.53. The Balaban J connectivity index is 1.81. The van der Waals surface area contributed by atoms with E-state index in [1.54, 1.807) is 0 Å². The van der Waals surface area contributed by atoms with Gasteiger partial charge in [0.25, 0.3) is 0 Å². The van der Waals surface area contributed by atoms with Gasteiger partial charge in [0, 0.05) is 13.2 Å². The fourth-order valence-corrected chi connectivity index (χ4v) is 2.35. The van der Waals surface area contributed by atoms with E-state index in [9.17, 15) is 0 Å². The largest absolute Gasteiger partial charge is 0.380 e. The number of hydrogen-bond acceptors (Lipinski definition) is 5. The van der Waals surface area contributed by atoms with Crippen LogP contribution in [-0.2, 0) is 10.2 Å². The molecule has 1 aromatic heterocycles. The predicted octanol–water partition coefficient (Wildman–Crippen LogP) is 0.825. The molecular weight excluding hydrogens is 206 g/mol. The fourth-order valence-electron chi connectivity index (χ4n) is 2.35. The van der Waals surface area contributed by atoms with Gasteiger partial charge in [0.1, 0.15) is 0 Å². The second-order valence-electron chi connectivity index (χ2n) is 5.01. The standard InChI is InChI=1S/C11H17N3O2/c1-11(3-5-15-7-11)10-13-9(16-14-10)8-2-4-12-6-8/h8,12H,2-7H2,1H3. The summed E-state index contributed by atoms with van der Waals surface area (Å²) in [6.45, 7) is 5.64. The van der Waals surface area contributed by atoms with Crippen LogP contribution in [0.2, 0.25) is 0 Å². The van der Waals surface area contributed by atoms with Gasteiger partial charge in [-0.15, -0.1) is 0 Å². The summed E-state index contributed by atoms with van der Waals surface area (Å²) in [5.41, 5.74) is -0.0478. The van der Waals surface area contributed by atoms with Gasteiger partial charge in [-0.3, -0.25) is 0 Å². The van der Waals surface area contributed by atoms with E-state index < -0.39 is 0 Å². The van der Waals surface area contributed by atoms with Crippen LogP contribution in [0, 0.1) is 0 Å². The first kappa shape index (κ1) is 10.2. The first-order chi connectivity index (χ1) is 7.78. The Hall–Kier alpha value is -0.940. The van der Waals surface area contributed by atoms with Crippen molar-refractivity contribution in [3.63, 3.8) is 0 Å². The van der Waals surface area contributed by atoms with Crippen molar-refractivity contribution in [3.8, 4) is 0 Å². The number of nitrogens with zero attached hydrogens (tertiary/aromatic N) is 2. The number of ether oxygens (including phenoxy) is 1. The SMILES string of the molecule is CC1(c2noc(C3CCNC3)n2)CCOC1. The minimum absolute atomic E-state index is 0.0478. The molecule has 1 aromatic rings. The van der Waals surface area contributed by atoms with Gasteiger partial charge in [-0.2, -0.15) is 4.98 Å². The summed E-state index contributed by atoms with van der Waals surface area (Å²) < 4.78 is 10.8. The van der Waals surface area contributed by atoms with Crippen molar-refractivity contribution < 1.29 is 9.26 Å². The van der Waals surface area contributed by atoms with E-state index in [1.807, 2.05) is 0 Å². The highest BCUT2D eigenvalue weighted by molar-refractivity contribution is 5.09. The highest BCUT2D eigenvalue weighted by Gasteiger charge is 2.37. The molecule has 0 radical (unpaired) electrons. The van der Waals surface area contributed by atoms with Crippen LogP contribution in [0.3, 0.4) is 0 Å². The van der Waals surface area contributed by atoms with Crippen LogP contribution in [-0.4, -0.2) is 36.4 Å². The molecule has 88 valence electrons. The second-order valence-corrected chi connectivity index (χ2v) is 5.01. The third kappa shape index (κ3) is 1.64. The predicted molar refractivity (Wildman–Crippen MR) is 57.3 cm³/mol. The van der Waals surface area contributed by atoms with Gasteiger partial charge in [-0.25, -0.2) is 0 Å². The summed E-state index contributed by atoms with van der Waals surface area (Å²) in [6.07, 6.45) is 2.07. The first-order valence-electron chi connectivity index (χ1n) is 5.90. The van der Waals surface area contributed by atoms with Crippen LogP contribution in [0.1, 0.15) is 37.4 Å². The van der Waals surface area contributed by atoms with E-state index in [-0.39, 0.29) is 5.41 Å². The van der Waals surface area contributed by atoms with Crippen molar-refractivity contribution in [2.24, 2.45) is 0 Å². The molecule has 0 aliphatic carbocycles. The van der Waals surface area contributed by atoms with Gasteiger partial charge >= 0.3 is 0 Å². The minimum Gasteiger partial charge on any atom is -0.380 e. The lowest BCUT2D eigenvalue weighted by atomic mass is 9.89. The molecule has 2 aliphatic rings. The van der Waals surface area contributed by atoms with Crippen LogP contribution >= 0.6 is 0 Å². The van der Waals surface area contributed by atoms with Crippen LogP contribution in [0.25, 0.3) is 0 Å². The maximum Gasteiger partial charge on any atom is 0.231 e. The Labute approximate surface area is 94.6 Å². The molecule has 0 saturated carbocycles. The summed E-state index contributed by atoms with van der Waals surface area (Å²) in [5, 5.41) is 7.43. The molecule has 3 rings (SSSR count). The lowest BCUT2D eigenvalue weighted by Gasteiger charge is -2.15. The summed E-state index contributed by atoms with van der Waals surface area (Å²) in [4.78, 5) is 4.55. The summed E-state index contributed by atoms with van der Waals surface area (Å²) >= 11 is 0. The fraction of sp³-hybridized carbons (Fsp3) is 0.818. The topological polar surface area (TPSA) is 60.2 Å². The van der Waals surface area contributed by atoms with Crippen molar-refractivity contribution in [2.75, 3.05) is 26.3 Å². The van der Waals surface area contributed by atoms with E-state index in [4.69, 9.17) is 9.26 Å². The molecular formula is C11H17N3O2. The van der Waals surface area contributed by atoms with E-state index in [0.29, 0.717) is 12.5 Å². The van der Waals surface area contributed by atoms with Gasteiger partial charge in [-0.05, 0) is 26.3 Å². The molecule has 2 atom stereocenters. The maximum absolute atomic E-state index is 5.42. The Kier molecular flexibility index (Phi) is 2.44. The molecule has 0 spiro atoms. The van der Waals surface area contributed by atoms with Crippen LogP contribution in [0.15, 0.2) is 4.52 Å². The van der Waals surface area contributed by atoms with Gasteiger partial charge in [0.15, 0.2) is 5.82 Å². The summed E-state index contributed by atoms with van der Waals surface area (Å²) in [7, 11) is 0. The maximum atomic E-state index is 5.42. The third-order valence-electron chi connectivity index (χ3n) is 3.61. The smallest absolute Gasteiger partial charge is 0.231 e. The van der Waals surface area contributed by atoms with Crippen molar-refractivity contribution in [2.45, 2.75) is 31.1 Å². The summed E-state index contributed by atoms with van der Waals surface area (Å²) in [6, 6.07) is 0. The van der Waals surface area contributed by atoms with Crippen molar-refractivity contribution in [3.05, 3.63) is 11.7 Å². The first-order valence-corrected chi connectivity index (χ1v) is 5.90. The van der Waals surface area contributed by atoms with Gasteiger partial charge in [0.2, 0.25) is 5.89 Å². The molecule has 5 nitrogen and oxygen atoms in total. The quantitative estimate of drug-likeness (QED) is 0.804. The van der Waals surface area contributed by atoms with Gasteiger partial charge in [-0.1, -0.05) is 5.16 Å². The molecule has 2 unspecified atom stereocenters. The molecule has 1 N–H and O–H groups in total. The second kappa shape index (κ2) is 3.82. The van der Waals surface area contributed by atoms with Crippen LogP contribution in [0.4, 0.5) is 0 Å². The highest BCUT2D eigenvalue weighted by Crippen LogP contribution is 2.31. The Morgan fingerprint density at radius 2 is 2.44 bits per heavy atom. The monoisotopic (exact) mass is 223 g/mol. The van der Waals surface area contributed by atoms with Crippen molar-refractivity contribution in [1.29, 1.82) is 0 Å². The van der Waals surface area contributed by atoms with Crippen LogP contribution < -0.4 is 5.32 Å². The number of hydrogen-bond donors (Lipinski definition) is 1.